The van der Waals surface area contributed by atoms with Crippen molar-refractivity contribution in [1.29, 1.82) is 0 Å². The van der Waals surface area contributed by atoms with Crippen molar-refractivity contribution >= 4 is 23.0 Å². The second-order valence-electron chi connectivity index (χ2n) is 4.09. The van der Waals surface area contributed by atoms with Gasteiger partial charge in [-0.3, -0.25) is 4.68 Å². The SMILES string of the molecule is Cc1ccc(C(N)=S)c(NCc2cnn(C)c2)n1. The van der Waals surface area contributed by atoms with E-state index >= 15 is 0 Å². The molecule has 3 N–H and O–H groups in total. The Labute approximate surface area is 111 Å². The Balaban J connectivity index is 2.17. The number of hydrogen-bond acceptors (Lipinski definition) is 4. The Morgan fingerprint density at radius 1 is 1.50 bits per heavy atom. The van der Waals surface area contributed by atoms with Crippen molar-refractivity contribution in [3.8, 4) is 0 Å². The minimum Gasteiger partial charge on any atom is -0.389 e. The lowest BCUT2D eigenvalue weighted by Crippen LogP contribution is -2.14. The number of nitrogens with one attached hydrogen (secondary N) is 1. The van der Waals surface area contributed by atoms with Crippen LogP contribution >= 0.6 is 12.2 Å². The Kier molecular flexibility index (Phi) is 3.57. The third-order valence-electron chi connectivity index (χ3n) is 2.52. The molecule has 0 atom stereocenters. The highest BCUT2D eigenvalue weighted by Gasteiger charge is 2.07. The first-order chi connectivity index (χ1) is 8.56. The predicted molar refractivity (Wildman–Crippen MR) is 75.4 cm³/mol. The van der Waals surface area contributed by atoms with Crippen LogP contribution in [0.4, 0.5) is 5.82 Å². The summed E-state index contributed by atoms with van der Waals surface area (Å²) in [5.74, 6) is 0.714. The van der Waals surface area contributed by atoms with Crippen molar-refractivity contribution in [1.82, 2.24) is 14.8 Å². The molecule has 0 fully saturated rings. The van der Waals surface area contributed by atoms with Gasteiger partial charge < -0.3 is 11.1 Å². The van der Waals surface area contributed by atoms with Crippen LogP contribution in [-0.4, -0.2) is 19.8 Å². The van der Waals surface area contributed by atoms with Crippen molar-refractivity contribution in [3.05, 3.63) is 41.3 Å². The normalized spacial score (nSPS) is 10.3. The molecule has 0 aromatic carbocycles. The molecule has 2 aromatic heterocycles. The van der Waals surface area contributed by atoms with Gasteiger partial charge in [0.15, 0.2) is 0 Å². The second kappa shape index (κ2) is 5.14. The maximum absolute atomic E-state index is 5.67. The van der Waals surface area contributed by atoms with Crippen molar-refractivity contribution in [2.45, 2.75) is 13.5 Å². The van der Waals surface area contributed by atoms with E-state index in [9.17, 15) is 0 Å². The lowest BCUT2D eigenvalue weighted by atomic mass is 10.2. The highest BCUT2D eigenvalue weighted by atomic mass is 32.1. The van der Waals surface area contributed by atoms with Gasteiger partial charge in [-0.1, -0.05) is 12.2 Å². The van der Waals surface area contributed by atoms with Gasteiger partial charge in [0, 0.05) is 31.0 Å². The summed E-state index contributed by atoms with van der Waals surface area (Å²) in [6.07, 6.45) is 3.76. The quantitative estimate of drug-likeness (QED) is 0.814. The van der Waals surface area contributed by atoms with E-state index in [1.165, 1.54) is 0 Å². The molecule has 0 saturated heterocycles. The van der Waals surface area contributed by atoms with Crippen LogP contribution in [0.3, 0.4) is 0 Å². The highest BCUT2D eigenvalue weighted by Crippen LogP contribution is 2.14. The fraction of sp³-hybridized carbons (Fsp3) is 0.250. The van der Waals surface area contributed by atoms with Gasteiger partial charge in [-0.05, 0) is 19.1 Å². The molecule has 2 rings (SSSR count). The summed E-state index contributed by atoms with van der Waals surface area (Å²) in [6, 6.07) is 3.78. The van der Waals surface area contributed by atoms with Gasteiger partial charge in [-0.2, -0.15) is 5.10 Å². The molecule has 0 saturated carbocycles. The Bertz CT molecular complexity index is 576. The van der Waals surface area contributed by atoms with Crippen LogP contribution in [0.15, 0.2) is 24.5 Å². The fourth-order valence-electron chi connectivity index (χ4n) is 1.64. The van der Waals surface area contributed by atoms with E-state index in [4.69, 9.17) is 18.0 Å². The number of anilines is 1. The van der Waals surface area contributed by atoms with E-state index in [0.29, 0.717) is 17.4 Å². The number of nitrogens with two attached hydrogens (primary N) is 1. The summed E-state index contributed by atoms with van der Waals surface area (Å²) in [5, 5.41) is 7.34. The van der Waals surface area contributed by atoms with Crippen molar-refractivity contribution in [2.75, 3.05) is 5.32 Å². The minimum absolute atomic E-state index is 0.344. The van der Waals surface area contributed by atoms with Crippen LogP contribution in [0.2, 0.25) is 0 Å². The number of hydrogen-bond donors (Lipinski definition) is 2. The van der Waals surface area contributed by atoms with Crippen molar-refractivity contribution in [2.24, 2.45) is 12.8 Å². The first-order valence-corrected chi connectivity index (χ1v) is 5.96. The third-order valence-corrected chi connectivity index (χ3v) is 2.74. The van der Waals surface area contributed by atoms with Gasteiger partial charge in [-0.25, -0.2) is 4.98 Å². The molecular weight excluding hydrogens is 246 g/mol. The summed E-state index contributed by atoms with van der Waals surface area (Å²) < 4.78 is 1.76. The third kappa shape index (κ3) is 2.84. The van der Waals surface area contributed by atoms with Crippen LogP contribution in [-0.2, 0) is 13.6 Å². The van der Waals surface area contributed by atoms with Gasteiger partial charge in [-0.15, -0.1) is 0 Å². The molecule has 6 heteroatoms. The van der Waals surface area contributed by atoms with E-state index in [2.05, 4.69) is 15.4 Å². The van der Waals surface area contributed by atoms with Crippen LogP contribution < -0.4 is 11.1 Å². The molecule has 0 radical (unpaired) electrons. The molecule has 0 aliphatic rings. The number of rotatable bonds is 4. The molecule has 94 valence electrons. The molecule has 0 aliphatic carbocycles. The zero-order chi connectivity index (χ0) is 13.1. The summed E-state index contributed by atoms with van der Waals surface area (Å²) in [4.78, 5) is 4.75. The summed E-state index contributed by atoms with van der Waals surface area (Å²) in [7, 11) is 1.88. The lowest BCUT2D eigenvalue weighted by molar-refractivity contribution is 0.767. The van der Waals surface area contributed by atoms with Crippen molar-refractivity contribution < 1.29 is 0 Å². The minimum atomic E-state index is 0.344. The number of pyridine rings is 1. The van der Waals surface area contributed by atoms with E-state index < -0.39 is 0 Å². The highest BCUT2D eigenvalue weighted by molar-refractivity contribution is 7.80. The molecule has 18 heavy (non-hydrogen) atoms. The molecule has 0 aliphatic heterocycles. The summed E-state index contributed by atoms with van der Waals surface area (Å²) in [6.45, 7) is 2.57. The molecule has 5 nitrogen and oxygen atoms in total. The Morgan fingerprint density at radius 2 is 2.28 bits per heavy atom. The van der Waals surface area contributed by atoms with Gasteiger partial charge in [0.1, 0.15) is 10.8 Å². The zero-order valence-corrected chi connectivity index (χ0v) is 11.2. The summed E-state index contributed by atoms with van der Waals surface area (Å²) >= 11 is 5.01. The average Bonchev–Trinajstić information content (AvgIpc) is 2.72. The lowest BCUT2D eigenvalue weighted by Gasteiger charge is -2.10. The molecule has 2 aromatic rings. The number of nitrogens with zero attached hydrogens (tertiary/aromatic N) is 3. The Morgan fingerprint density at radius 3 is 2.89 bits per heavy atom. The maximum Gasteiger partial charge on any atom is 0.136 e. The van der Waals surface area contributed by atoms with Crippen LogP contribution in [0.25, 0.3) is 0 Å². The van der Waals surface area contributed by atoms with Crippen LogP contribution in [0, 0.1) is 6.92 Å². The predicted octanol–water partition coefficient (Wildman–Crippen LogP) is 1.37. The summed E-state index contributed by atoms with van der Waals surface area (Å²) in [5.41, 5.74) is 8.43. The molecule has 0 amide bonds. The monoisotopic (exact) mass is 261 g/mol. The van der Waals surface area contributed by atoms with E-state index in [-0.39, 0.29) is 0 Å². The van der Waals surface area contributed by atoms with Gasteiger partial charge in [0.05, 0.1) is 11.8 Å². The molecular formula is C12H15N5S. The van der Waals surface area contributed by atoms with Crippen molar-refractivity contribution in [3.63, 3.8) is 0 Å². The number of thiocarbonyl (C=S) groups is 1. The molecule has 0 unspecified atom stereocenters. The number of aryl methyl sites for hydroxylation is 2. The fourth-order valence-corrected chi connectivity index (χ4v) is 1.80. The van der Waals surface area contributed by atoms with Crippen LogP contribution in [0.1, 0.15) is 16.8 Å². The molecule has 0 bridgehead atoms. The number of aromatic nitrogens is 3. The standard InChI is InChI=1S/C12H15N5S/c1-8-3-4-10(11(13)18)12(16-8)14-5-9-6-15-17(2)7-9/h3-4,6-7H,5H2,1-2H3,(H2,13,18)(H,14,16). The molecule has 0 spiro atoms. The van der Waals surface area contributed by atoms with Gasteiger partial charge in [0.2, 0.25) is 0 Å². The first kappa shape index (κ1) is 12.5. The zero-order valence-electron chi connectivity index (χ0n) is 10.3. The smallest absolute Gasteiger partial charge is 0.136 e. The maximum atomic E-state index is 5.67. The topological polar surface area (TPSA) is 68.8 Å². The van der Waals surface area contributed by atoms with E-state index in [1.54, 1.807) is 4.68 Å². The average molecular weight is 261 g/mol. The van der Waals surface area contributed by atoms with E-state index in [0.717, 1.165) is 16.8 Å². The van der Waals surface area contributed by atoms with Crippen LogP contribution in [0.5, 0.6) is 0 Å². The largest absolute Gasteiger partial charge is 0.389 e. The molecule has 2 heterocycles. The van der Waals surface area contributed by atoms with Gasteiger partial charge in [0.25, 0.3) is 0 Å². The second-order valence-corrected chi connectivity index (χ2v) is 4.53. The first-order valence-electron chi connectivity index (χ1n) is 5.55. The Hall–Kier alpha value is -1.95. The van der Waals surface area contributed by atoms with E-state index in [1.807, 2.05) is 38.5 Å². The van der Waals surface area contributed by atoms with Gasteiger partial charge >= 0.3 is 0 Å².